The van der Waals surface area contributed by atoms with E-state index in [1.807, 2.05) is 32.0 Å². The van der Waals surface area contributed by atoms with E-state index in [4.69, 9.17) is 4.74 Å². The highest BCUT2D eigenvalue weighted by Gasteiger charge is 2.25. The number of non-ortho nitro benzene ring substituents is 1. The number of nitrogens with zero attached hydrogens (tertiary/aromatic N) is 1. The van der Waals surface area contributed by atoms with Crippen molar-refractivity contribution in [3.63, 3.8) is 0 Å². The molecule has 3 aromatic rings. The van der Waals surface area contributed by atoms with Crippen molar-refractivity contribution in [2.75, 3.05) is 11.9 Å². The molecule has 0 bridgehead atoms. The second-order valence-electron chi connectivity index (χ2n) is 7.84. The quantitative estimate of drug-likeness (QED) is 0.202. The van der Waals surface area contributed by atoms with Crippen molar-refractivity contribution in [2.45, 2.75) is 26.3 Å². The fraction of sp³-hybridized carbons (Fsp3) is 0.192. The molecule has 0 radical (unpaired) electrons. The molecule has 0 heterocycles. The van der Waals surface area contributed by atoms with Gasteiger partial charge in [0.15, 0.2) is 18.2 Å². The molecule has 174 valence electrons. The van der Waals surface area contributed by atoms with Crippen molar-refractivity contribution in [2.24, 2.45) is 0 Å². The molecule has 3 rings (SSSR count). The molecule has 3 aromatic carbocycles. The maximum absolute atomic E-state index is 12.9. The zero-order chi connectivity index (χ0) is 24.7. The maximum Gasteiger partial charge on any atom is 0.329 e. The zero-order valence-electron chi connectivity index (χ0n) is 18.8. The molecule has 34 heavy (non-hydrogen) atoms. The monoisotopic (exact) mass is 460 g/mol. The lowest BCUT2D eigenvalue weighted by Crippen LogP contribution is -2.35. The lowest BCUT2D eigenvalue weighted by atomic mass is 10.0. The van der Waals surface area contributed by atoms with Crippen LogP contribution in [0.25, 0.3) is 0 Å². The number of benzene rings is 3. The molecule has 1 unspecified atom stereocenters. The molecule has 0 aliphatic carbocycles. The number of nitrogens with one attached hydrogen (secondary N) is 1. The number of hydrogen-bond donors (Lipinski definition) is 1. The van der Waals surface area contributed by atoms with E-state index in [0.29, 0.717) is 11.3 Å². The number of esters is 1. The first-order valence-electron chi connectivity index (χ1n) is 10.6. The van der Waals surface area contributed by atoms with Crippen LogP contribution in [0.3, 0.4) is 0 Å². The smallest absolute Gasteiger partial charge is 0.329 e. The van der Waals surface area contributed by atoms with E-state index >= 15 is 0 Å². The molecule has 0 spiro atoms. The summed E-state index contributed by atoms with van der Waals surface area (Å²) < 4.78 is 5.24. The van der Waals surface area contributed by atoms with Gasteiger partial charge in [0, 0.05) is 35.4 Å². The average molecular weight is 460 g/mol. The van der Waals surface area contributed by atoms with Gasteiger partial charge in [-0.15, -0.1) is 0 Å². The van der Waals surface area contributed by atoms with Crippen molar-refractivity contribution in [3.8, 4) is 0 Å². The average Bonchev–Trinajstić information content (AvgIpc) is 2.84. The summed E-state index contributed by atoms with van der Waals surface area (Å²) >= 11 is 0. The minimum atomic E-state index is -1.02. The Labute approximate surface area is 196 Å². The molecular weight excluding hydrogens is 436 g/mol. The molecule has 0 aromatic heterocycles. The van der Waals surface area contributed by atoms with Crippen molar-refractivity contribution in [3.05, 3.63) is 105 Å². The zero-order valence-corrected chi connectivity index (χ0v) is 18.8. The topological polar surface area (TPSA) is 116 Å². The van der Waals surface area contributed by atoms with Crippen molar-refractivity contribution in [1.29, 1.82) is 0 Å². The first-order valence-corrected chi connectivity index (χ1v) is 10.6. The number of hydrogen-bond acceptors (Lipinski definition) is 7. The van der Waals surface area contributed by atoms with E-state index in [0.717, 1.165) is 11.1 Å². The Hall–Kier alpha value is -4.33. The molecule has 0 aliphatic heterocycles. The van der Waals surface area contributed by atoms with Crippen LogP contribution in [-0.4, -0.2) is 35.1 Å². The van der Waals surface area contributed by atoms with Crippen molar-refractivity contribution < 1.29 is 24.0 Å². The number of ether oxygens (including phenoxy) is 1. The summed E-state index contributed by atoms with van der Waals surface area (Å²) in [7, 11) is 0. The summed E-state index contributed by atoms with van der Waals surface area (Å²) in [6, 6.07) is 18.3. The van der Waals surface area contributed by atoms with E-state index in [-0.39, 0.29) is 23.5 Å². The summed E-state index contributed by atoms with van der Waals surface area (Å²) in [5.74, 6) is -1.51. The first-order chi connectivity index (χ1) is 16.2. The third-order valence-corrected chi connectivity index (χ3v) is 5.24. The fourth-order valence-corrected chi connectivity index (χ4v) is 3.29. The predicted molar refractivity (Wildman–Crippen MR) is 127 cm³/mol. The van der Waals surface area contributed by atoms with Gasteiger partial charge in [0.1, 0.15) is 6.04 Å². The number of aryl methyl sites for hydroxylation is 2. The lowest BCUT2D eigenvalue weighted by molar-refractivity contribution is -0.384. The standard InChI is InChI=1S/C26H24N2O6/c1-17-8-9-18(2)22(14-17)27-23(15-24(29)19-6-4-3-5-7-19)26(31)34-16-25(30)20-10-12-21(13-11-20)28(32)33/h3-14,23,27H,15-16H2,1-2H3. The van der Waals surface area contributed by atoms with Crippen LogP contribution in [0.15, 0.2) is 72.8 Å². The van der Waals surface area contributed by atoms with Crippen LogP contribution >= 0.6 is 0 Å². The Morgan fingerprint density at radius 3 is 2.21 bits per heavy atom. The van der Waals surface area contributed by atoms with Gasteiger partial charge in [0.05, 0.1) is 4.92 Å². The Morgan fingerprint density at radius 2 is 1.56 bits per heavy atom. The van der Waals surface area contributed by atoms with Gasteiger partial charge in [-0.05, 0) is 43.2 Å². The Balaban J connectivity index is 1.73. The molecule has 8 nitrogen and oxygen atoms in total. The molecule has 0 fully saturated rings. The van der Waals surface area contributed by atoms with Crippen LogP contribution in [0.4, 0.5) is 11.4 Å². The number of nitro groups is 1. The van der Waals surface area contributed by atoms with Gasteiger partial charge in [-0.2, -0.15) is 0 Å². The van der Waals surface area contributed by atoms with E-state index in [9.17, 15) is 24.5 Å². The maximum atomic E-state index is 12.9. The Morgan fingerprint density at radius 1 is 0.912 bits per heavy atom. The summed E-state index contributed by atoms with van der Waals surface area (Å²) in [5, 5.41) is 13.9. The minimum Gasteiger partial charge on any atom is -0.456 e. The van der Waals surface area contributed by atoms with Crippen LogP contribution in [0.1, 0.15) is 38.3 Å². The molecular formula is C26H24N2O6. The number of carbonyl (C=O) groups excluding carboxylic acids is 3. The molecule has 1 N–H and O–H groups in total. The van der Waals surface area contributed by atoms with E-state index in [1.54, 1.807) is 30.3 Å². The van der Waals surface area contributed by atoms with Gasteiger partial charge in [0.25, 0.3) is 5.69 Å². The van der Waals surface area contributed by atoms with Gasteiger partial charge in [-0.1, -0.05) is 42.5 Å². The predicted octanol–water partition coefficient (Wildman–Crippen LogP) is 4.69. The highest BCUT2D eigenvalue weighted by molar-refractivity contribution is 6.01. The molecule has 0 saturated carbocycles. The highest BCUT2D eigenvalue weighted by atomic mass is 16.6. The van der Waals surface area contributed by atoms with Gasteiger partial charge in [0.2, 0.25) is 0 Å². The van der Waals surface area contributed by atoms with Crippen LogP contribution < -0.4 is 5.32 Å². The number of nitro benzene ring substituents is 1. The third kappa shape index (κ3) is 6.35. The summed E-state index contributed by atoms with van der Waals surface area (Å²) in [6.07, 6.45) is -0.165. The second kappa shape index (κ2) is 11.0. The molecule has 8 heteroatoms. The van der Waals surface area contributed by atoms with Gasteiger partial charge in [-0.25, -0.2) is 4.79 Å². The number of Topliss-reactive ketones (excluding diaryl/α,β-unsaturated/α-hetero) is 2. The van der Waals surface area contributed by atoms with Crippen molar-refractivity contribution >= 4 is 28.9 Å². The van der Waals surface area contributed by atoms with E-state index in [2.05, 4.69) is 5.32 Å². The number of anilines is 1. The lowest BCUT2D eigenvalue weighted by Gasteiger charge is -2.20. The van der Waals surface area contributed by atoms with E-state index < -0.39 is 29.3 Å². The number of carbonyl (C=O) groups is 3. The van der Waals surface area contributed by atoms with Crippen LogP contribution in [0.5, 0.6) is 0 Å². The van der Waals surface area contributed by atoms with Crippen LogP contribution in [0.2, 0.25) is 0 Å². The Kier molecular flexibility index (Phi) is 7.87. The van der Waals surface area contributed by atoms with Gasteiger partial charge >= 0.3 is 5.97 Å². The normalized spacial score (nSPS) is 11.4. The molecule has 0 amide bonds. The Bertz CT molecular complexity index is 1210. The molecule has 1 atom stereocenters. The van der Waals surface area contributed by atoms with Crippen LogP contribution in [0, 0.1) is 24.0 Å². The third-order valence-electron chi connectivity index (χ3n) is 5.24. The van der Waals surface area contributed by atoms with E-state index in [1.165, 1.54) is 24.3 Å². The number of rotatable bonds is 10. The van der Waals surface area contributed by atoms with Gasteiger partial charge in [-0.3, -0.25) is 19.7 Å². The van der Waals surface area contributed by atoms with Gasteiger partial charge < -0.3 is 10.1 Å². The summed E-state index contributed by atoms with van der Waals surface area (Å²) in [6.45, 7) is 3.23. The summed E-state index contributed by atoms with van der Waals surface area (Å²) in [5.41, 5.74) is 3.04. The number of ketones is 2. The highest BCUT2D eigenvalue weighted by Crippen LogP contribution is 2.20. The second-order valence-corrected chi connectivity index (χ2v) is 7.84. The first kappa shape index (κ1) is 24.3. The molecule has 0 aliphatic rings. The fourth-order valence-electron chi connectivity index (χ4n) is 3.29. The SMILES string of the molecule is Cc1ccc(C)c(NC(CC(=O)c2ccccc2)C(=O)OCC(=O)c2ccc([N+](=O)[O-])cc2)c1. The summed E-state index contributed by atoms with van der Waals surface area (Å²) in [4.78, 5) is 48.3. The van der Waals surface area contributed by atoms with Crippen LogP contribution in [-0.2, 0) is 9.53 Å². The van der Waals surface area contributed by atoms with Crippen molar-refractivity contribution in [1.82, 2.24) is 0 Å². The minimum absolute atomic E-state index is 0.147. The molecule has 0 saturated heterocycles. The largest absolute Gasteiger partial charge is 0.456 e.